The van der Waals surface area contributed by atoms with Crippen LogP contribution in [0.1, 0.15) is 6.42 Å². The number of para-hydroxylation sites is 1. The van der Waals surface area contributed by atoms with Gasteiger partial charge in [0.15, 0.2) is 5.82 Å². The summed E-state index contributed by atoms with van der Waals surface area (Å²) in [6, 6.07) is 13.3. The van der Waals surface area contributed by atoms with Crippen LogP contribution in [0.4, 0.5) is 5.69 Å². The number of fused-ring (bicyclic) bond motifs is 1. The van der Waals surface area contributed by atoms with Crippen molar-refractivity contribution in [2.75, 3.05) is 5.32 Å². The zero-order valence-corrected chi connectivity index (χ0v) is 15.7. The van der Waals surface area contributed by atoms with Gasteiger partial charge in [-0.2, -0.15) is 0 Å². The molecule has 3 N–H and O–H groups in total. The van der Waals surface area contributed by atoms with E-state index in [2.05, 4.69) is 20.3 Å². The summed E-state index contributed by atoms with van der Waals surface area (Å²) >= 11 is 0. The van der Waals surface area contributed by atoms with Crippen LogP contribution in [0.5, 0.6) is 5.75 Å². The van der Waals surface area contributed by atoms with E-state index in [4.69, 9.17) is 0 Å². The van der Waals surface area contributed by atoms with Gasteiger partial charge in [-0.3, -0.25) is 19.1 Å². The molecule has 4 rings (SSSR count). The van der Waals surface area contributed by atoms with E-state index in [0.29, 0.717) is 28.0 Å². The fourth-order valence-corrected chi connectivity index (χ4v) is 3.09. The Labute approximate surface area is 169 Å². The van der Waals surface area contributed by atoms with Crippen molar-refractivity contribution in [3.63, 3.8) is 0 Å². The van der Waals surface area contributed by atoms with E-state index in [1.165, 1.54) is 17.0 Å². The van der Waals surface area contributed by atoms with Crippen molar-refractivity contribution in [2.24, 2.45) is 0 Å². The average molecular weight is 403 g/mol. The molecule has 0 aliphatic heterocycles. The topological polar surface area (TPSA) is 130 Å². The quantitative estimate of drug-likeness (QED) is 0.466. The minimum Gasteiger partial charge on any atom is -0.508 e. The van der Waals surface area contributed by atoms with Crippen LogP contribution in [-0.2, 0) is 11.3 Å². The number of aryl methyl sites for hydroxylation is 1. The fourth-order valence-electron chi connectivity index (χ4n) is 3.09. The molecule has 0 unspecified atom stereocenters. The lowest BCUT2D eigenvalue weighted by atomic mass is 10.2. The maximum Gasteiger partial charge on any atom is 0.328 e. The Hall–Kier alpha value is -4.27. The lowest BCUT2D eigenvalue weighted by Crippen LogP contribution is -2.31. The predicted octanol–water partition coefficient (Wildman–Crippen LogP) is 1.88. The number of H-pyrrole nitrogens is 1. The number of phenols is 1. The summed E-state index contributed by atoms with van der Waals surface area (Å²) in [4.78, 5) is 47.0. The van der Waals surface area contributed by atoms with Crippen molar-refractivity contribution in [2.45, 2.75) is 13.0 Å². The molecule has 0 aliphatic carbocycles. The third-order valence-electron chi connectivity index (χ3n) is 4.51. The average Bonchev–Trinajstić information content (AvgIpc) is 2.74. The van der Waals surface area contributed by atoms with Crippen LogP contribution in [0, 0.1) is 0 Å². The summed E-state index contributed by atoms with van der Waals surface area (Å²) in [6.07, 6.45) is 2.95. The standard InChI is InChI=1S/C21H17N5O4/c27-15-5-3-4-13(10-15)19-22-11-14(12-23-19)24-18(28)8-9-26-17-7-2-1-6-16(17)20(29)25-21(26)30/h1-7,10-12,27H,8-9H2,(H,24,28)(H,25,29,30). The molecule has 0 aliphatic rings. The Balaban J connectivity index is 1.45. The maximum absolute atomic E-state index is 12.3. The number of amides is 1. The summed E-state index contributed by atoms with van der Waals surface area (Å²) in [7, 11) is 0. The lowest BCUT2D eigenvalue weighted by molar-refractivity contribution is -0.116. The SMILES string of the molecule is O=C(CCn1c(=O)[nH]c(=O)c2ccccc21)Nc1cnc(-c2cccc(O)c2)nc1. The second kappa shape index (κ2) is 8.00. The smallest absolute Gasteiger partial charge is 0.328 e. The molecule has 0 saturated heterocycles. The van der Waals surface area contributed by atoms with E-state index in [-0.39, 0.29) is 24.6 Å². The van der Waals surface area contributed by atoms with Gasteiger partial charge in [-0.05, 0) is 24.3 Å². The predicted molar refractivity (Wildman–Crippen MR) is 111 cm³/mol. The Morgan fingerprint density at radius 3 is 2.60 bits per heavy atom. The molecule has 4 aromatic rings. The zero-order chi connectivity index (χ0) is 21.1. The summed E-state index contributed by atoms with van der Waals surface area (Å²) in [5.74, 6) is 0.194. The summed E-state index contributed by atoms with van der Waals surface area (Å²) in [5.41, 5.74) is 0.503. The van der Waals surface area contributed by atoms with E-state index in [1.54, 1.807) is 48.5 Å². The number of aromatic hydroxyl groups is 1. The van der Waals surface area contributed by atoms with Crippen LogP contribution >= 0.6 is 0 Å². The van der Waals surface area contributed by atoms with Gasteiger partial charge in [-0.1, -0.05) is 24.3 Å². The first-order valence-electron chi connectivity index (χ1n) is 9.14. The van der Waals surface area contributed by atoms with E-state index in [9.17, 15) is 19.5 Å². The molecule has 0 saturated carbocycles. The van der Waals surface area contributed by atoms with Gasteiger partial charge in [0.05, 0.1) is 29.0 Å². The first-order valence-corrected chi connectivity index (χ1v) is 9.14. The molecule has 2 aromatic heterocycles. The number of aromatic amines is 1. The number of hydrogen-bond donors (Lipinski definition) is 3. The highest BCUT2D eigenvalue weighted by molar-refractivity contribution is 5.90. The highest BCUT2D eigenvalue weighted by Crippen LogP contribution is 2.20. The van der Waals surface area contributed by atoms with Gasteiger partial charge in [0.1, 0.15) is 5.75 Å². The van der Waals surface area contributed by atoms with Gasteiger partial charge >= 0.3 is 5.69 Å². The van der Waals surface area contributed by atoms with E-state index < -0.39 is 11.2 Å². The first kappa shape index (κ1) is 19.1. The van der Waals surface area contributed by atoms with Gasteiger partial charge in [-0.15, -0.1) is 0 Å². The Bertz CT molecular complexity index is 1340. The van der Waals surface area contributed by atoms with Crippen molar-refractivity contribution in [3.8, 4) is 17.1 Å². The molecule has 2 heterocycles. The normalized spacial score (nSPS) is 10.8. The lowest BCUT2D eigenvalue weighted by Gasteiger charge is -2.10. The number of carbonyl (C=O) groups excluding carboxylic acids is 1. The van der Waals surface area contributed by atoms with Crippen LogP contribution in [0.25, 0.3) is 22.3 Å². The number of anilines is 1. The van der Waals surface area contributed by atoms with Gasteiger partial charge in [0.25, 0.3) is 5.56 Å². The molecule has 0 atom stereocenters. The van der Waals surface area contributed by atoms with Crippen molar-refractivity contribution in [1.82, 2.24) is 19.5 Å². The number of benzene rings is 2. The van der Waals surface area contributed by atoms with Crippen molar-refractivity contribution in [3.05, 3.63) is 81.8 Å². The molecule has 9 nitrogen and oxygen atoms in total. The zero-order valence-electron chi connectivity index (χ0n) is 15.7. The minimum absolute atomic E-state index is 0.0181. The third-order valence-corrected chi connectivity index (χ3v) is 4.51. The molecular formula is C21H17N5O4. The highest BCUT2D eigenvalue weighted by atomic mass is 16.3. The van der Waals surface area contributed by atoms with Crippen LogP contribution in [0.2, 0.25) is 0 Å². The van der Waals surface area contributed by atoms with E-state index in [0.717, 1.165) is 0 Å². The maximum atomic E-state index is 12.3. The Morgan fingerprint density at radius 2 is 1.83 bits per heavy atom. The number of carbonyl (C=O) groups is 1. The van der Waals surface area contributed by atoms with Crippen molar-refractivity contribution in [1.29, 1.82) is 0 Å². The van der Waals surface area contributed by atoms with E-state index >= 15 is 0 Å². The summed E-state index contributed by atoms with van der Waals surface area (Å²) < 4.78 is 1.36. The van der Waals surface area contributed by atoms with Crippen molar-refractivity contribution < 1.29 is 9.90 Å². The van der Waals surface area contributed by atoms with Gasteiger partial charge in [-0.25, -0.2) is 14.8 Å². The number of rotatable bonds is 5. The van der Waals surface area contributed by atoms with Gasteiger partial charge in [0, 0.05) is 18.5 Å². The van der Waals surface area contributed by atoms with Crippen LogP contribution in [-0.4, -0.2) is 30.5 Å². The van der Waals surface area contributed by atoms with Crippen molar-refractivity contribution >= 4 is 22.5 Å². The molecule has 150 valence electrons. The van der Waals surface area contributed by atoms with Crippen LogP contribution in [0.3, 0.4) is 0 Å². The number of nitrogens with one attached hydrogen (secondary N) is 2. The molecule has 1 amide bonds. The highest BCUT2D eigenvalue weighted by Gasteiger charge is 2.10. The largest absolute Gasteiger partial charge is 0.508 e. The number of aromatic nitrogens is 4. The second-order valence-corrected chi connectivity index (χ2v) is 6.57. The third kappa shape index (κ3) is 3.95. The van der Waals surface area contributed by atoms with Gasteiger partial charge in [0.2, 0.25) is 5.91 Å². The Kier molecular flexibility index (Phi) is 5.08. The molecule has 30 heavy (non-hydrogen) atoms. The van der Waals surface area contributed by atoms with Crippen LogP contribution < -0.4 is 16.6 Å². The second-order valence-electron chi connectivity index (χ2n) is 6.57. The molecule has 0 radical (unpaired) electrons. The molecular weight excluding hydrogens is 386 g/mol. The Morgan fingerprint density at radius 1 is 1.07 bits per heavy atom. The molecule has 0 bridgehead atoms. The number of nitrogens with zero attached hydrogens (tertiary/aromatic N) is 3. The number of phenolic OH excluding ortho intramolecular Hbond substituents is 1. The van der Waals surface area contributed by atoms with E-state index in [1.807, 2.05) is 0 Å². The summed E-state index contributed by atoms with van der Waals surface area (Å²) in [5, 5.41) is 12.6. The molecule has 9 heteroatoms. The fraction of sp³-hybridized carbons (Fsp3) is 0.0952. The van der Waals surface area contributed by atoms with Gasteiger partial charge < -0.3 is 10.4 Å². The summed E-state index contributed by atoms with van der Waals surface area (Å²) in [6.45, 7) is 0.101. The molecule has 0 spiro atoms. The molecule has 2 aromatic carbocycles. The van der Waals surface area contributed by atoms with Crippen LogP contribution in [0.15, 0.2) is 70.5 Å². The minimum atomic E-state index is -0.565. The molecule has 0 fully saturated rings. The first-order chi connectivity index (χ1) is 14.5. The number of hydrogen-bond acceptors (Lipinski definition) is 6. The monoisotopic (exact) mass is 403 g/mol.